The van der Waals surface area contributed by atoms with Crippen LogP contribution in [-0.2, 0) is 0 Å². The Labute approximate surface area is 125 Å². The van der Waals surface area contributed by atoms with E-state index in [1.165, 1.54) is 4.90 Å². The molecule has 0 saturated carbocycles. The third-order valence-electron chi connectivity index (χ3n) is 2.04. The second-order valence-electron chi connectivity index (χ2n) is 4.70. The first-order chi connectivity index (χ1) is 9.58. The van der Waals surface area contributed by atoms with Crippen molar-refractivity contribution in [3.63, 3.8) is 0 Å². The Hall–Kier alpha value is -1.55. The molecular weight excluding hydrogens is 268 g/mol. The zero-order valence-corrected chi connectivity index (χ0v) is 13.3. The Balaban J connectivity index is 0.000000200. The monoisotopic (exact) mass is 290 g/mol. The lowest BCUT2D eigenvalue weighted by atomic mass is 10.4. The summed E-state index contributed by atoms with van der Waals surface area (Å²) in [5.74, 6) is 0.880. The van der Waals surface area contributed by atoms with E-state index in [4.69, 9.17) is 4.74 Å². The number of pyridine rings is 2. The number of hydrogen-bond donors (Lipinski definition) is 0. The normalized spacial score (nSPS) is 10.1. The summed E-state index contributed by atoms with van der Waals surface area (Å²) in [4.78, 5) is 9.11. The van der Waals surface area contributed by atoms with Crippen LogP contribution in [0.1, 0.15) is 27.7 Å². The molecule has 0 aliphatic heterocycles. The molecule has 2 aromatic heterocycles. The molecule has 3 nitrogen and oxygen atoms in total. The van der Waals surface area contributed by atoms with Crippen molar-refractivity contribution in [2.45, 2.75) is 43.9 Å². The minimum atomic E-state index is 0.238. The molecule has 0 aliphatic carbocycles. The van der Waals surface area contributed by atoms with Crippen LogP contribution in [-0.4, -0.2) is 21.3 Å². The van der Waals surface area contributed by atoms with E-state index in [0.29, 0.717) is 5.25 Å². The maximum Gasteiger partial charge on any atom is 0.122 e. The van der Waals surface area contributed by atoms with Gasteiger partial charge in [0.2, 0.25) is 0 Å². The lowest BCUT2D eigenvalue weighted by molar-refractivity contribution is 0.242. The molecule has 0 atom stereocenters. The van der Waals surface area contributed by atoms with Crippen LogP contribution < -0.4 is 4.74 Å². The molecule has 0 bridgehead atoms. The lowest BCUT2D eigenvalue weighted by Crippen LogP contribution is -2.04. The fourth-order valence-corrected chi connectivity index (χ4v) is 2.20. The van der Waals surface area contributed by atoms with Gasteiger partial charge in [-0.1, -0.05) is 13.8 Å². The van der Waals surface area contributed by atoms with Gasteiger partial charge in [0.25, 0.3) is 0 Å². The maximum absolute atomic E-state index is 5.37. The second-order valence-corrected chi connectivity index (χ2v) is 6.35. The molecule has 0 aromatic carbocycles. The standard InChI is InChI=1S/C8H11NO.C8H11NS/c2*1-7(2)10-8-3-5-9-6-4-8/h2*3-7H,1-2H3. The molecule has 20 heavy (non-hydrogen) atoms. The Morgan fingerprint density at radius 3 is 1.80 bits per heavy atom. The predicted molar refractivity (Wildman–Crippen MR) is 85.2 cm³/mol. The minimum Gasteiger partial charge on any atom is -0.491 e. The smallest absolute Gasteiger partial charge is 0.122 e. The van der Waals surface area contributed by atoms with Crippen molar-refractivity contribution in [3.05, 3.63) is 49.1 Å². The highest BCUT2D eigenvalue weighted by atomic mass is 32.2. The molecule has 0 saturated heterocycles. The van der Waals surface area contributed by atoms with Crippen LogP contribution >= 0.6 is 11.8 Å². The van der Waals surface area contributed by atoms with Crippen molar-refractivity contribution in [2.75, 3.05) is 0 Å². The summed E-state index contributed by atoms with van der Waals surface area (Å²) >= 11 is 1.86. The van der Waals surface area contributed by atoms with Gasteiger partial charge in [-0.25, -0.2) is 0 Å². The van der Waals surface area contributed by atoms with Gasteiger partial charge < -0.3 is 4.74 Å². The van der Waals surface area contributed by atoms with E-state index in [2.05, 4.69) is 23.8 Å². The summed E-state index contributed by atoms with van der Waals surface area (Å²) in [7, 11) is 0. The van der Waals surface area contributed by atoms with Crippen molar-refractivity contribution in [3.8, 4) is 5.75 Å². The van der Waals surface area contributed by atoms with Crippen LogP contribution in [0.25, 0.3) is 0 Å². The van der Waals surface area contributed by atoms with Crippen molar-refractivity contribution < 1.29 is 4.74 Å². The molecule has 2 aromatic rings. The van der Waals surface area contributed by atoms with E-state index in [-0.39, 0.29) is 6.10 Å². The summed E-state index contributed by atoms with van der Waals surface area (Å²) in [6.07, 6.45) is 7.33. The van der Waals surface area contributed by atoms with Gasteiger partial charge in [-0.05, 0) is 38.1 Å². The average Bonchev–Trinajstić information content (AvgIpc) is 2.40. The molecule has 0 unspecified atom stereocenters. The first-order valence-corrected chi connectivity index (χ1v) is 7.59. The van der Waals surface area contributed by atoms with E-state index in [1.54, 1.807) is 12.4 Å². The fourth-order valence-electron chi connectivity index (χ4n) is 1.38. The van der Waals surface area contributed by atoms with Crippen LogP contribution in [0.3, 0.4) is 0 Å². The molecular formula is C16H22N2OS. The first kappa shape index (κ1) is 16.5. The summed E-state index contributed by atoms with van der Waals surface area (Å²) in [5, 5.41) is 0.655. The number of nitrogens with zero attached hydrogens (tertiary/aromatic N) is 2. The number of aromatic nitrogens is 2. The first-order valence-electron chi connectivity index (χ1n) is 6.71. The molecule has 108 valence electrons. The molecule has 0 aliphatic rings. The quantitative estimate of drug-likeness (QED) is 0.779. The molecule has 0 spiro atoms. The Bertz CT molecular complexity index is 415. The average molecular weight is 290 g/mol. The van der Waals surface area contributed by atoms with Crippen LogP contribution in [0.4, 0.5) is 0 Å². The van der Waals surface area contributed by atoms with Gasteiger partial charge in [-0.2, -0.15) is 0 Å². The fraction of sp³-hybridized carbons (Fsp3) is 0.375. The molecule has 4 heteroatoms. The Morgan fingerprint density at radius 2 is 1.35 bits per heavy atom. The molecule has 0 amide bonds. The summed E-state index contributed by atoms with van der Waals surface area (Å²) in [6.45, 7) is 8.37. The van der Waals surface area contributed by atoms with Gasteiger partial charge in [0.15, 0.2) is 0 Å². The topological polar surface area (TPSA) is 35.0 Å². The van der Waals surface area contributed by atoms with Crippen molar-refractivity contribution in [1.82, 2.24) is 9.97 Å². The molecule has 0 N–H and O–H groups in total. The second kappa shape index (κ2) is 9.37. The van der Waals surface area contributed by atoms with E-state index in [0.717, 1.165) is 5.75 Å². The SMILES string of the molecule is CC(C)Oc1ccncc1.CC(C)Sc1ccncc1. The van der Waals surface area contributed by atoms with E-state index in [9.17, 15) is 0 Å². The third kappa shape index (κ3) is 7.79. The summed E-state index contributed by atoms with van der Waals surface area (Å²) < 4.78 is 5.37. The summed E-state index contributed by atoms with van der Waals surface area (Å²) in [6, 6.07) is 7.76. The zero-order valence-electron chi connectivity index (χ0n) is 12.5. The van der Waals surface area contributed by atoms with Gasteiger partial charge in [-0.15, -0.1) is 11.8 Å². The van der Waals surface area contributed by atoms with Crippen molar-refractivity contribution in [2.24, 2.45) is 0 Å². The van der Waals surface area contributed by atoms with Gasteiger partial charge in [0.05, 0.1) is 6.10 Å². The van der Waals surface area contributed by atoms with Gasteiger partial charge in [0.1, 0.15) is 5.75 Å². The number of hydrogen-bond acceptors (Lipinski definition) is 4. The van der Waals surface area contributed by atoms with Crippen LogP contribution in [0.15, 0.2) is 53.9 Å². The van der Waals surface area contributed by atoms with Crippen molar-refractivity contribution in [1.29, 1.82) is 0 Å². The number of thioether (sulfide) groups is 1. The predicted octanol–water partition coefficient (Wildman–Crippen LogP) is 4.45. The highest BCUT2D eigenvalue weighted by molar-refractivity contribution is 7.99. The molecule has 2 rings (SSSR count). The minimum absolute atomic E-state index is 0.238. The van der Waals surface area contributed by atoms with E-state index >= 15 is 0 Å². The van der Waals surface area contributed by atoms with Gasteiger partial charge in [-0.3, -0.25) is 9.97 Å². The van der Waals surface area contributed by atoms with Gasteiger partial charge >= 0.3 is 0 Å². The summed E-state index contributed by atoms with van der Waals surface area (Å²) in [5.41, 5.74) is 0. The van der Waals surface area contributed by atoms with E-state index < -0.39 is 0 Å². The van der Waals surface area contributed by atoms with Crippen LogP contribution in [0.5, 0.6) is 5.75 Å². The third-order valence-corrected chi connectivity index (χ3v) is 3.06. The highest BCUT2D eigenvalue weighted by Gasteiger charge is 1.95. The molecule has 0 radical (unpaired) electrons. The van der Waals surface area contributed by atoms with Gasteiger partial charge in [0, 0.05) is 34.9 Å². The lowest BCUT2D eigenvalue weighted by Gasteiger charge is -2.07. The largest absolute Gasteiger partial charge is 0.491 e. The molecule has 0 fully saturated rings. The maximum atomic E-state index is 5.37. The Kier molecular flexibility index (Phi) is 7.73. The zero-order chi connectivity index (χ0) is 14.8. The Morgan fingerprint density at radius 1 is 0.850 bits per heavy atom. The van der Waals surface area contributed by atoms with E-state index in [1.807, 2.05) is 62.3 Å². The van der Waals surface area contributed by atoms with Crippen molar-refractivity contribution >= 4 is 11.8 Å². The van der Waals surface area contributed by atoms with Crippen LogP contribution in [0, 0.1) is 0 Å². The highest BCUT2D eigenvalue weighted by Crippen LogP contribution is 2.20. The number of rotatable bonds is 4. The van der Waals surface area contributed by atoms with Crippen LogP contribution in [0.2, 0.25) is 0 Å². The number of ether oxygens (including phenoxy) is 1. The molecule has 2 heterocycles.